The first-order chi connectivity index (χ1) is 17.9. The number of rotatable bonds is 7. The van der Waals surface area contributed by atoms with Gasteiger partial charge in [-0.3, -0.25) is 9.59 Å². The van der Waals surface area contributed by atoms with Crippen molar-refractivity contribution in [3.05, 3.63) is 71.2 Å². The first-order valence-corrected chi connectivity index (χ1v) is 11.1. The number of fused-ring (bicyclic) bond motifs is 1. The summed E-state index contributed by atoms with van der Waals surface area (Å²) in [7, 11) is 1.38. The van der Waals surface area contributed by atoms with Crippen LogP contribution in [0, 0.1) is 12.7 Å². The molecule has 0 saturated heterocycles. The molecular weight excluding hydrogens is 510 g/mol. The number of nitrogens with one attached hydrogen (secondary N) is 2. The van der Waals surface area contributed by atoms with Crippen LogP contribution in [0.4, 0.5) is 23.4 Å². The van der Waals surface area contributed by atoms with Crippen molar-refractivity contribution in [1.82, 2.24) is 19.9 Å². The van der Waals surface area contributed by atoms with Crippen molar-refractivity contribution in [3.8, 4) is 22.8 Å². The molecule has 9 nitrogen and oxygen atoms in total. The summed E-state index contributed by atoms with van der Waals surface area (Å²) in [5.41, 5.74) is 2.19. The number of anilines is 1. The zero-order chi connectivity index (χ0) is 27.6. The van der Waals surface area contributed by atoms with Crippen LogP contribution in [0.3, 0.4) is 0 Å². The van der Waals surface area contributed by atoms with E-state index in [0.717, 1.165) is 23.8 Å². The second kappa shape index (κ2) is 10.4. The smallest absolute Gasteiger partial charge is 0.496 e. The van der Waals surface area contributed by atoms with Crippen LogP contribution in [0.2, 0.25) is 0 Å². The first kappa shape index (κ1) is 26.4. The molecular formula is C25H21F4N5O4. The number of amides is 2. The van der Waals surface area contributed by atoms with Gasteiger partial charge in [-0.2, -0.15) is 5.10 Å². The van der Waals surface area contributed by atoms with Gasteiger partial charge in [-0.1, -0.05) is 0 Å². The molecule has 4 aromatic rings. The van der Waals surface area contributed by atoms with Gasteiger partial charge < -0.3 is 20.1 Å². The maximum atomic E-state index is 14.2. The highest BCUT2D eigenvalue weighted by molar-refractivity contribution is 5.98. The number of aryl methyl sites for hydroxylation is 1. The number of halogens is 4. The second-order valence-corrected chi connectivity index (χ2v) is 8.18. The van der Waals surface area contributed by atoms with E-state index in [4.69, 9.17) is 4.74 Å². The Balaban J connectivity index is 1.61. The standard InChI is InChI=1S/C25H21F4N5O4/c1-13-8-21(37-3)18(24(36)30-11-15-9-16(4-5-19(15)26)38-25(27,28)29)10-17(13)20-6-7-23-32-22(31-14(2)35)12-34(23)33-20/h4-10,12H,11H2,1-3H3,(H,30,36)(H,31,35). The fourth-order valence-corrected chi connectivity index (χ4v) is 3.72. The number of imidazole rings is 1. The van der Waals surface area contributed by atoms with Gasteiger partial charge in [0, 0.05) is 24.6 Å². The van der Waals surface area contributed by atoms with Gasteiger partial charge in [0.05, 0.1) is 24.6 Å². The predicted octanol–water partition coefficient (Wildman–Crippen LogP) is 4.64. The van der Waals surface area contributed by atoms with Gasteiger partial charge in [0.2, 0.25) is 5.91 Å². The Bertz CT molecular complexity index is 1530. The normalized spacial score (nSPS) is 11.3. The summed E-state index contributed by atoms with van der Waals surface area (Å²) in [5, 5.41) is 9.59. The summed E-state index contributed by atoms with van der Waals surface area (Å²) in [4.78, 5) is 28.6. The van der Waals surface area contributed by atoms with Gasteiger partial charge >= 0.3 is 6.36 Å². The minimum Gasteiger partial charge on any atom is -0.496 e. The topological polar surface area (TPSA) is 107 Å². The summed E-state index contributed by atoms with van der Waals surface area (Å²) in [6, 6.07) is 9.08. The lowest BCUT2D eigenvalue weighted by Gasteiger charge is -2.15. The molecule has 2 N–H and O–H groups in total. The summed E-state index contributed by atoms with van der Waals surface area (Å²) in [5.74, 6) is -1.80. The van der Waals surface area contributed by atoms with Crippen LogP contribution in [0.5, 0.6) is 11.5 Å². The lowest BCUT2D eigenvalue weighted by Crippen LogP contribution is -2.24. The van der Waals surface area contributed by atoms with Crippen molar-refractivity contribution in [1.29, 1.82) is 0 Å². The summed E-state index contributed by atoms with van der Waals surface area (Å²) >= 11 is 0. The van der Waals surface area contributed by atoms with Crippen LogP contribution in [-0.2, 0) is 11.3 Å². The molecule has 2 heterocycles. The maximum absolute atomic E-state index is 14.2. The van der Waals surface area contributed by atoms with E-state index in [-0.39, 0.29) is 22.8 Å². The van der Waals surface area contributed by atoms with E-state index >= 15 is 0 Å². The van der Waals surface area contributed by atoms with Crippen LogP contribution >= 0.6 is 0 Å². The quantitative estimate of drug-likeness (QED) is 0.337. The monoisotopic (exact) mass is 531 g/mol. The third-order valence-electron chi connectivity index (χ3n) is 5.38. The van der Waals surface area contributed by atoms with Gasteiger partial charge in [-0.05, 0) is 55.0 Å². The molecule has 0 saturated carbocycles. The van der Waals surface area contributed by atoms with Crippen molar-refractivity contribution < 1.29 is 36.6 Å². The molecule has 4 rings (SSSR count). The number of carbonyl (C=O) groups is 2. The molecule has 2 amide bonds. The Morgan fingerprint density at radius 3 is 2.55 bits per heavy atom. The number of methoxy groups -OCH3 is 1. The van der Waals surface area contributed by atoms with Gasteiger partial charge in [0.1, 0.15) is 17.3 Å². The van der Waals surface area contributed by atoms with Crippen LogP contribution < -0.4 is 20.1 Å². The second-order valence-electron chi connectivity index (χ2n) is 8.18. The molecule has 13 heteroatoms. The molecule has 0 fully saturated rings. The highest BCUT2D eigenvalue weighted by Crippen LogP contribution is 2.30. The fraction of sp³-hybridized carbons (Fsp3) is 0.200. The predicted molar refractivity (Wildman–Crippen MR) is 128 cm³/mol. The molecule has 0 radical (unpaired) electrons. The third kappa shape index (κ3) is 5.99. The summed E-state index contributed by atoms with van der Waals surface area (Å²) < 4.78 is 62.4. The largest absolute Gasteiger partial charge is 0.573 e. The lowest BCUT2D eigenvalue weighted by atomic mass is 10.0. The van der Waals surface area contributed by atoms with Crippen molar-refractivity contribution in [2.24, 2.45) is 0 Å². The minimum absolute atomic E-state index is 0.0997. The van der Waals surface area contributed by atoms with E-state index < -0.39 is 30.4 Å². The average molecular weight is 531 g/mol. The third-order valence-corrected chi connectivity index (χ3v) is 5.38. The molecule has 0 atom stereocenters. The zero-order valence-electron chi connectivity index (χ0n) is 20.3. The SMILES string of the molecule is COc1cc(C)c(-c2ccc3nc(NC(C)=O)cn3n2)cc1C(=O)NCc1cc(OC(F)(F)F)ccc1F. The van der Waals surface area contributed by atoms with Crippen LogP contribution in [0.1, 0.15) is 28.4 Å². The number of aromatic nitrogens is 3. The van der Waals surface area contributed by atoms with E-state index in [1.807, 2.05) is 0 Å². The molecule has 0 aliphatic rings. The molecule has 0 bridgehead atoms. The molecule has 2 aromatic carbocycles. The van der Waals surface area contributed by atoms with Crippen LogP contribution in [0.15, 0.2) is 48.7 Å². The Hall–Kier alpha value is -4.68. The van der Waals surface area contributed by atoms with E-state index in [0.29, 0.717) is 22.7 Å². The number of hydrogen-bond donors (Lipinski definition) is 2. The van der Waals surface area contributed by atoms with Crippen molar-refractivity contribution >= 4 is 23.3 Å². The van der Waals surface area contributed by atoms with Crippen LogP contribution in [-0.4, -0.2) is 39.9 Å². The number of carbonyl (C=O) groups excluding carboxylic acids is 2. The number of nitrogens with zero attached hydrogens (tertiary/aromatic N) is 3. The van der Waals surface area contributed by atoms with E-state index in [9.17, 15) is 27.2 Å². The summed E-state index contributed by atoms with van der Waals surface area (Å²) in [6.07, 6.45) is -3.40. The average Bonchev–Trinajstić information content (AvgIpc) is 3.23. The zero-order valence-corrected chi connectivity index (χ0v) is 20.3. The van der Waals surface area contributed by atoms with E-state index in [2.05, 4.69) is 25.5 Å². The molecule has 198 valence electrons. The van der Waals surface area contributed by atoms with Crippen molar-refractivity contribution in [2.45, 2.75) is 26.8 Å². The van der Waals surface area contributed by atoms with E-state index in [1.165, 1.54) is 24.7 Å². The Morgan fingerprint density at radius 2 is 1.87 bits per heavy atom. The molecule has 0 spiro atoms. The van der Waals surface area contributed by atoms with E-state index in [1.54, 1.807) is 31.2 Å². The van der Waals surface area contributed by atoms with Gasteiger partial charge in [-0.25, -0.2) is 13.9 Å². The Kier molecular flexibility index (Phi) is 7.19. The van der Waals surface area contributed by atoms with Gasteiger partial charge in [-0.15, -0.1) is 13.2 Å². The molecule has 38 heavy (non-hydrogen) atoms. The number of hydrogen-bond acceptors (Lipinski definition) is 6. The minimum atomic E-state index is -4.94. The van der Waals surface area contributed by atoms with Crippen molar-refractivity contribution in [3.63, 3.8) is 0 Å². The van der Waals surface area contributed by atoms with Crippen molar-refractivity contribution in [2.75, 3.05) is 12.4 Å². The first-order valence-electron chi connectivity index (χ1n) is 11.1. The lowest BCUT2D eigenvalue weighted by molar-refractivity contribution is -0.274. The molecule has 0 unspecified atom stereocenters. The highest BCUT2D eigenvalue weighted by Gasteiger charge is 2.31. The van der Waals surface area contributed by atoms with Crippen LogP contribution in [0.25, 0.3) is 16.9 Å². The number of ether oxygens (including phenoxy) is 2. The molecule has 0 aliphatic heterocycles. The summed E-state index contributed by atoms with van der Waals surface area (Å²) in [6.45, 7) is 2.75. The molecule has 0 aliphatic carbocycles. The highest BCUT2D eigenvalue weighted by atomic mass is 19.4. The number of benzene rings is 2. The Morgan fingerprint density at radius 1 is 1.11 bits per heavy atom. The van der Waals surface area contributed by atoms with Gasteiger partial charge in [0.25, 0.3) is 5.91 Å². The molecule has 2 aromatic heterocycles. The fourth-order valence-electron chi connectivity index (χ4n) is 3.72. The maximum Gasteiger partial charge on any atom is 0.573 e. The Labute approximate surface area is 213 Å². The number of alkyl halides is 3. The van der Waals surface area contributed by atoms with Gasteiger partial charge in [0.15, 0.2) is 11.5 Å².